The maximum atomic E-state index is 12.8. The van der Waals surface area contributed by atoms with Gasteiger partial charge in [-0.1, -0.05) is 30.0 Å². The number of phenols is 1. The normalized spacial score (nSPS) is 17.6. The molecule has 2 aliphatic heterocycles. The zero-order chi connectivity index (χ0) is 17.6. The maximum absolute atomic E-state index is 12.8. The first-order chi connectivity index (χ1) is 12.0. The molecule has 0 atom stereocenters. The Balaban J connectivity index is 1.66. The molecule has 0 aromatic heterocycles. The van der Waals surface area contributed by atoms with Crippen LogP contribution in [0.1, 0.15) is 5.56 Å². The van der Waals surface area contributed by atoms with Gasteiger partial charge in [0, 0.05) is 6.07 Å². The molecule has 25 heavy (non-hydrogen) atoms. The first kappa shape index (κ1) is 16.4. The highest BCUT2D eigenvalue weighted by Crippen LogP contribution is 2.41. The van der Waals surface area contributed by atoms with E-state index >= 15 is 0 Å². The number of hydrogen-bond acceptors (Lipinski definition) is 6. The minimum absolute atomic E-state index is 0.144. The van der Waals surface area contributed by atoms with E-state index in [0.717, 1.165) is 5.56 Å². The number of rotatable bonds is 2. The summed E-state index contributed by atoms with van der Waals surface area (Å²) in [6.45, 7) is 0.173. The number of nitrogens with zero attached hydrogens (tertiary/aromatic N) is 1. The fourth-order valence-corrected chi connectivity index (χ4v) is 4.17. The Morgan fingerprint density at radius 1 is 1.20 bits per heavy atom. The van der Waals surface area contributed by atoms with Crippen LogP contribution in [0.3, 0.4) is 0 Å². The van der Waals surface area contributed by atoms with Gasteiger partial charge < -0.3 is 14.6 Å². The number of anilines is 1. The van der Waals surface area contributed by atoms with E-state index < -0.39 is 0 Å². The lowest BCUT2D eigenvalue weighted by molar-refractivity contribution is -0.113. The van der Waals surface area contributed by atoms with Crippen LogP contribution in [0.2, 0.25) is 0 Å². The molecule has 1 amide bonds. The van der Waals surface area contributed by atoms with E-state index in [1.807, 2.05) is 0 Å². The van der Waals surface area contributed by atoms with Crippen LogP contribution in [0.15, 0.2) is 45.8 Å². The summed E-state index contributed by atoms with van der Waals surface area (Å²) in [6.07, 6.45) is 1.75. The molecule has 0 radical (unpaired) electrons. The quantitative estimate of drug-likeness (QED) is 0.560. The van der Waals surface area contributed by atoms with Crippen LogP contribution in [-0.4, -0.2) is 22.1 Å². The predicted molar refractivity (Wildman–Crippen MR) is 104 cm³/mol. The standard InChI is InChI=1S/C17H10BrNO4S2/c18-11-5-9(1-3-12(11)20)6-15-16(21)19(17(24)25-15)10-2-4-13-14(7-10)23-8-22-13/h1-7,20H,8H2/b15-6+. The summed E-state index contributed by atoms with van der Waals surface area (Å²) in [5.41, 5.74) is 1.43. The van der Waals surface area contributed by atoms with Crippen molar-refractivity contribution in [3.63, 3.8) is 0 Å². The van der Waals surface area contributed by atoms with E-state index in [1.165, 1.54) is 16.7 Å². The molecule has 2 heterocycles. The summed E-state index contributed by atoms with van der Waals surface area (Å²) in [5, 5.41) is 9.58. The van der Waals surface area contributed by atoms with Crippen LogP contribution in [-0.2, 0) is 4.79 Å². The molecule has 0 bridgehead atoms. The van der Waals surface area contributed by atoms with Crippen LogP contribution in [0.5, 0.6) is 17.2 Å². The molecule has 2 aliphatic rings. The monoisotopic (exact) mass is 435 g/mol. The summed E-state index contributed by atoms with van der Waals surface area (Å²) >= 11 is 9.87. The fraction of sp³-hybridized carbons (Fsp3) is 0.0588. The molecule has 5 nitrogen and oxygen atoms in total. The Morgan fingerprint density at radius 2 is 2.00 bits per heavy atom. The minimum atomic E-state index is -0.196. The number of carbonyl (C=O) groups excluding carboxylic acids is 1. The van der Waals surface area contributed by atoms with Crippen LogP contribution in [0.25, 0.3) is 6.08 Å². The number of phenolic OH excluding ortho intramolecular Hbond substituents is 1. The Kier molecular flexibility index (Phi) is 4.18. The molecule has 0 spiro atoms. The molecule has 1 saturated heterocycles. The number of fused-ring (bicyclic) bond motifs is 1. The average Bonchev–Trinajstić information content (AvgIpc) is 3.15. The largest absolute Gasteiger partial charge is 0.507 e. The molecule has 126 valence electrons. The molecular weight excluding hydrogens is 426 g/mol. The second kappa shape index (κ2) is 6.36. The van der Waals surface area contributed by atoms with Crippen LogP contribution < -0.4 is 14.4 Å². The molecule has 1 N–H and O–H groups in total. The Hall–Kier alpha value is -2.03. The number of thioether (sulfide) groups is 1. The smallest absolute Gasteiger partial charge is 0.270 e. The zero-order valence-electron chi connectivity index (χ0n) is 12.6. The number of benzene rings is 2. The number of amides is 1. The molecule has 2 aromatic carbocycles. The second-order valence-electron chi connectivity index (χ2n) is 5.27. The Bertz CT molecular complexity index is 944. The molecule has 0 unspecified atom stereocenters. The van der Waals surface area contributed by atoms with E-state index in [0.29, 0.717) is 30.9 Å². The van der Waals surface area contributed by atoms with Gasteiger partial charge in [-0.15, -0.1) is 0 Å². The van der Waals surface area contributed by atoms with E-state index in [2.05, 4.69) is 15.9 Å². The lowest BCUT2D eigenvalue weighted by Gasteiger charge is -2.14. The Morgan fingerprint density at radius 3 is 2.80 bits per heavy atom. The van der Waals surface area contributed by atoms with Gasteiger partial charge in [-0.3, -0.25) is 9.69 Å². The van der Waals surface area contributed by atoms with Crippen molar-refractivity contribution in [2.45, 2.75) is 0 Å². The number of halogens is 1. The van der Waals surface area contributed by atoms with Crippen molar-refractivity contribution in [3.05, 3.63) is 51.3 Å². The van der Waals surface area contributed by atoms with Gasteiger partial charge in [0.15, 0.2) is 15.8 Å². The van der Waals surface area contributed by atoms with E-state index in [4.69, 9.17) is 21.7 Å². The van der Waals surface area contributed by atoms with Crippen LogP contribution >= 0.6 is 39.9 Å². The number of ether oxygens (including phenoxy) is 2. The first-order valence-electron chi connectivity index (χ1n) is 7.19. The van der Waals surface area contributed by atoms with Gasteiger partial charge in [-0.2, -0.15) is 0 Å². The fourth-order valence-electron chi connectivity index (χ4n) is 2.48. The van der Waals surface area contributed by atoms with Crippen molar-refractivity contribution in [1.82, 2.24) is 0 Å². The summed E-state index contributed by atoms with van der Waals surface area (Å²) in [7, 11) is 0. The molecule has 2 aromatic rings. The lowest BCUT2D eigenvalue weighted by atomic mass is 10.2. The number of aromatic hydroxyl groups is 1. The highest BCUT2D eigenvalue weighted by Gasteiger charge is 2.34. The van der Waals surface area contributed by atoms with Crippen molar-refractivity contribution in [2.24, 2.45) is 0 Å². The summed E-state index contributed by atoms with van der Waals surface area (Å²) < 4.78 is 11.7. The number of carbonyl (C=O) groups is 1. The molecular formula is C17H10BrNO4S2. The van der Waals surface area contributed by atoms with Gasteiger partial charge >= 0.3 is 0 Å². The van der Waals surface area contributed by atoms with Crippen molar-refractivity contribution < 1.29 is 19.4 Å². The second-order valence-corrected chi connectivity index (χ2v) is 7.80. The minimum Gasteiger partial charge on any atom is -0.507 e. The average molecular weight is 436 g/mol. The van der Waals surface area contributed by atoms with Gasteiger partial charge in [-0.05, 0) is 51.8 Å². The van der Waals surface area contributed by atoms with Gasteiger partial charge in [-0.25, -0.2) is 0 Å². The van der Waals surface area contributed by atoms with Gasteiger partial charge in [0.1, 0.15) is 5.75 Å². The van der Waals surface area contributed by atoms with Gasteiger partial charge in [0.05, 0.1) is 15.1 Å². The van der Waals surface area contributed by atoms with E-state index in [9.17, 15) is 9.90 Å². The predicted octanol–water partition coefficient (Wildman–Crippen LogP) is 4.29. The van der Waals surface area contributed by atoms with E-state index in [1.54, 1.807) is 42.5 Å². The number of thiocarbonyl (C=S) groups is 1. The lowest BCUT2D eigenvalue weighted by Crippen LogP contribution is -2.27. The third-order valence-corrected chi connectivity index (χ3v) is 5.61. The summed E-state index contributed by atoms with van der Waals surface area (Å²) in [6, 6.07) is 10.3. The number of hydrogen-bond donors (Lipinski definition) is 1. The van der Waals surface area contributed by atoms with Crippen molar-refractivity contribution >= 4 is 61.9 Å². The maximum Gasteiger partial charge on any atom is 0.270 e. The molecule has 1 fully saturated rings. The topological polar surface area (TPSA) is 59.0 Å². The van der Waals surface area contributed by atoms with Crippen LogP contribution in [0.4, 0.5) is 5.69 Å². The van der Waals surface area contributed by atoms with Crippen molar-refractivity contribution in [1.29, 1.82) is 0 Å². The summed E-state index contributed by atoms with van der Waals surface area (Å²) in [5.74, 6) is 1.19. The third-order valence-electron chi connectivity index (χ3n) is 3.68. The van der Waals surface area contributed by atoms with E-state index in [-0.39, 0.29) is 18.4 Å². The SMILES string of the molecule is O=C1/C(=C\c2ccc(O)c(Br)c2)SC(=S)N1c1ccc2c(c1)OCO2. The molecule has 8 heteroatoms. The van der Waals surface area contributed by atoms with Crippen molar-refractivity contribution in [2.75, 3.05) is 11.7 Å². The highest BCUT2D eigenvalue weighted by atomic mass is 79.9. The molecule has 0 saturated carbocycles. The zero-order valence-corrected chi connectivity index (χ0v) is 15.8. The van der Waals surface area contributed by atoms with Gasteiger partial charge in [0.2, 0.25) is 6.79 Å². The summed E-state index contributed by atoms with van der Waals surface area (Å²) in [4.78, 5) is 14.8. The Labute approximate surface area is 161 Å². The van der Waals surface area contributed by atoms with Crippen molar-refractivity contribution in [3.8, 4) is 17.2 Å². The molecule has 0 aliphatic carbocycles. The first-order valence-corrected chi connectivity index (χ1v) is 9.21. The van der Waals surface area contributed by atoms with Crippen LogP contribution in [0, 0.1) is 0 Å². The molecule has 4 rings (SSSR count). The highest BCUT2D eigenvalue weighted by molar-refractivity contribution is 9.10. The van der Waals surface area contributed by atoms with Gasteiger partial charge in [0.25, 0.3) is 5.91 Å². The third kappa shape index (κ3) is 3.01.